The lowest BCUT2D eigenvalue weighted by Crippen LogP contribution is -2.27. The Morgan fingerprint density at radius 3 is 2.55 bits per heavy atom. The Kier molecular flexibility index (Phi) is 4.45. The van der Waals surface area contributed by atoms with E-state index in [9.17, 15) is 4.79 Å². The van der Waals surface area contributed by atoms with Gasteiger partial charge in [-0.25, -0.2) is 4.98 Å². The SMILES string of the molecule is Cc1nc(C)c(C(=O)NC[C@H](C)c2ccc(Cl)cc2)o1. The second-order valence-electron chi connectivity index (χ2n) is 4.81. The highest BCUT2D eigenvalue weighted by Gasteiger charge is 2.16. The van der Waals surface area contributed by atoms with Crippen LogP contribution in [0, 0.1) is 13.8 Å². The Balaban J connectivity index is 1.96. The van der Waals surface area contributed by atoms with Crippen LogP contribution < -0.4 is 5.32 Å². The molecule has 106 valence electrons. The topological polar surface area (TPSA) is 55.1 Å². The Labute approximate surface area is 123 Å². The van der Waals surface area contributed by atoms with Gasteiger partial charge in [-0.05, 0) is 30.5 Å². The van der Waals surface area contributed by atoms with Gasteiger partial charge in [0.1, 0.15) is 0 Å². The molecule has 5 heteroatoms. The zero-order chi connectivity index (χ0) is 14.7. The van der Waals surface area contributed by atoms with E-state index in [1.165, 1.54) is 0 Å². The Morgan fingerprint density at radius 1 is 1.35 bits per heavy atom. The number of carbonyl (C=O) groups is 1. The second-order valence-corrected chi connectivity index (χ2v) is 5.25. The summed E-state index contributed by atoms with van der Waals surface area (Å²) in [6.45, 7) is 6.05. The molecule has 1 aromatic heterocycles. The molecular weight excluding hydrogens is 276 g/mol. The van der Waals surface area contributed by atoms with Gasteiger partial charge in [-0.1, -0.05) is 30.7 Å². The van der Waals surface area contributed by atoms with Crippen LogP contribution >= 0.6 is 11.6 Å². The second kappa shape index (κ2) is 6.09. The summed E-state index contributed by atoms with van der Waals surface area (Å²) in [6, 6.07) is 7.62. The van der Waals surface area contributed by atoms with E-state index in [1.807, 2.05) is 31.2 Å². The van der Waals surface area contributed by atoms with Gasteiger partial charge in [0, 0.05) is 18.5 Å². The third-order valence-corrected chi connectivity index (χ3v) is 3.37. The van der Waals surface area contributed by atoms with E-state index in [0.29, 0.717) is 23.2 Å². The number of nitrogens with zero attached hydrogens (tertiary/aromatic N) is 1. The molecular formula is C15H17ClN2O2. The first-order valence-electron chi connectivity index (χ1n) is 6.45. The predicted molar refractivity (Wildman–Crippen MR) is 78.2 cm³/mol. The fraction of sp³-hybridized carbons (Fsp3) is 0.333. The fourth-order valence-corrected chi connectivity index (χ4v) is 2.10. The molecule has 0 aliphatic carbocycles. The molecule has 0 unspecified atom stereocenters. The monoisotopic (exact) mass is 292 g/mol. The number of amides is 1. The van der Waals surface area contributed by atoms with E-state index >= 15 is 0 Å². The number of carbonyl (C=O) groups excluding carboxylic acids is 1. The van der Waals surface area contributed by atoms with Crippen molar-refractivity contribution in [3.05, 3.63) is 52.2 Å². The van der Waals surface area contributed by atoms with Gasteiger partial charge in [0.25, 0.3) is 5.91 Å². The zero-order valence-electron chi connectivity index (χ0n) is 11.7. The molecule has 0 saturated carbocycles. The molecule has 4 nitrogen and oxygen atoms in total. The van der Waals surface area contributed by atoms with Gasteiger partial charge in [0.2, 0.25) is 5.76 Å². The lowest BCUT2D eigenvalue weighted by Gasteiger charge is -2.12. The van der Waals surface area contributed by atoms with Crippen LogP contribution in [0.2, 0.25) is 5.02 Å². The molecule has 0 aliphatic rings. The summed E-state index contributed by atoms with van der Waals surface area (Å²) < 4.78 is 5.29. The number of aromatic nitrogens is 1. The molecule has 1 atom stereocenters. The Bertz CT molecular complexity index is 605. The summed E-state index contributed by atoms with van der Waals surface area (Å²) in [5, 5.41) is 3.57. The lowest BCUT2D eigenvalue weighted by atomic mass is 10.0. The highest BCUT2D eigenvalue weighted by Crippen LogP contribution is 2.17. The van der Waals surface area contributed by atoms with E-state index < -0.39 is 0 Å². The average Bonchev–Trinajstić information content (AvgIpc) is 2.75. The molecule has 20 heavy (non-hydrogen) atoms. The number of rotatable bonds is 4. The van der Waals surface area contributed by atoms with E-state index in [1.54, 1.807) is 13.8 Å². The Morgan fingerprint density at radius 2 is 2.00 bits per heavy atom. The molecule has 0 spiro atoms. The maximum absolute atomic E-state index is 12.0. The maximum atomic E-state index is 12.0. The molecule has 0 aliphatic heterocycles. The predicted octanol–water partition coefficient (Wildman–Crippen LogP) is 3.48. The van der Waals surface area contributed by atoms with Gasteiger partial charge in [0.15, 0.2) is 5.89 Å². The third-order valence-electron chi connectivity index (χ3n) is 3.12. The number of oxazole rings is 1. The summed E-state index contributed by atoms with van der Waals surface area (Å²) in [4.78, 5) is 16.1. The van der Waals surface area contributed by atoms with E-state index in [2.05, 4.69) is 10.3 Å². The average molecular weight is 293 g/mol. The van der Waals surface area contributed by atoms with Gasteiger partial charge in [-0.2, -0.15) is 0 Å². The standard InChI is InChI=1S/C15H17ClN2O2/c1-9(12-4-6-13(16)7-5-12)8-17-15(19)14-10(2)18-11(3)20-14/h4-7,9H,8H2,1-3H3,(H,17,19)/t9-/m0/s1. The molecule has 1 amide bonds. The number of benzene rings is 1. The van der Waals surface area contributed by atoms with Crippen LogP contribution in [0.4, 0.5) is 0 Å². The highest BCUT2D eigenvalue weighted by atomic mass is 35.5. The van der Waals surface area contributed by atoms with Gasteiger partial charge in [0.05, 0.1) is 5.69 Å². The summed E-state index contributed by atoms with van der Waals surface area (Å²) >= 11 is 5.85. The first-order chi connectivity index (χ1) is 9.47. The lowest BCUT2D eigenvalue weighted by molar-refractivity contribution is 0.0922. The number of aryl methyl sites for hydroxylation is 2. The van der Waals surface area contributed by atoms with Crippen LogP contribution in [0.25, 0.3) is 0 Å². The molecule has 0 saturated heterocycles. The first kappa shape index (κ1) is 14.6. The number of hydrogen-bond acceptors (Lipinski definition) is 3. The summed E-state index contributed by atoms with van der Waals surface area (Å²) in [5.41, 5.74) is 1.74. The minimum Gasteiger partial charge on any atom is -0.436 e. The third kappa shape index (κ3) is 3.39. The van der Waals surface area contributed by atoms with Gasteiger partial charge >= 0.3 is 0 Å². The molecule has 0 radical (unpaired) electrons. The van der Waals surface area contributed by atoms with Crippen molar-refractivity contribution in [1.82, 2.24) is 10.3 Å². The number of hydrogen-bond donors (Lipinski definition) is 1. The van der Waals surface area contributed by atoms with Crippen LogP contribution in [0.5, 0.6) is 0 Å². The zero-order valence-corrected chi connectivity index (χ0v) is 12.5. The van der Waals surface area contributed by atoms with Crippen molar-refractivity contribution in [2.24, 2.45) is 0 Å². The van der Waals surface area contributed by atoms with Crippen LogP contribution in [0.3, 0.4) is 0 Å². The van der Waals surface area contributed by atoms with Crippen LogP contribution in [-0.4, -0.2) is 17.4 Å². The van der Waals surface area contributed by atoms with Crippen molar-refractivity contribution < 1.29 is 9.21 Å². The summed E-state index contributed by atoms with van der Waals surface area (Å²) in [6.07, 6.45) is 0. The Hall–Kier alpha value is -1.81. The largest absolute Gasteiger partial charge is 0.436 e. The molecule has 1 N–H and O–H groups in total. The molecule has 1 aromatic carbocycles. The van der Waals surface area contributed by atoms with Crippen LogP contribution in [0.1, 0.15) is 40.5 Å². The highest BCUT2D eigenvalue weighted by molar-refractivity contribution is 6.30. The van der Waals surface area contributed by atoms with Crippen molar-refractivity contribution >= 4 is 17.5 Å². The van der Waals surface area contributed by atoms with Crippen LogP contribution in [0.15, 0.2) is 28.7 Å². The summed E-state index contributed by atoms with van der Waals surface area (Å²) in [7, 11) is 0. The smallest absolute Gasteiger partial charge is 0.289 e. The van der Waals surface area contributed by atoms with Crippen molar-refractivity contribution in [1.29, 1.82) is 0 Å². The van der Waals surface area contributed by atoms with Gasteiger partial charge < -0.3 is 9.73 Å². The summed E-state index contributed by atoms with van der Waals surface area (Å²) in [5.74, 6) is 0.744. The van der Waals surface area contributed by atoms with Gasteiger partial charge in [-0.15, -0.1) is 0 Å². The van der Waals surface area contributed by atoms with E-state index in [0.717, 1.165) is 5.56 Å². The number of nitrogens with one attached hydrogen (secondary N) is 1. The minimum absolute atomic E-state index is 0.195. The molecule has 1 heterocycles. The van der Waals surface area contributed by atoms with E-state index in [4.69, 9.17) is 16.0 Å². The quantitative estimate of drug-likeness (QED) is 0.938. The van der Waals surface area contributed by atoms with Crippen LogP contribution in [-0.2, 0) is 0 Å². The van der Waals surface area contributed by atoms with Crippen molar-refractivity contribution in [2.45, 2.75) is 26.7 Å². The molecule has 0 bridgehead atoms. The van der Waals surface area contributed by atoms with Gasteiger partial charge in [-0.3, -0.25) is 4.79 Å². The fourth-order valence-electron chi connectivity index (χ4n) is 1.98. The maximum Gasteiger partial charge on any atom is 0.289 e. The molecule has 0 fully saturated rings. The first-order valence-corrected chi connectivity index (χ1v) is 6.83. The number of halogens is 1. The normalized spacial score (nSPS) is 12.2. The molecule has 2 aromatic rings. The molecule has 2 rings (SSSR count). The van der Waals surface area contributed by atoms with Crippen molar-refractivity contribution in [2.75, 3.05) is 6.54 Å². The minimum atomic E-state index is -0.232. The van der Waals surface area contributed by atoms with Crippen molar-refractivity contribution in [3.8, 4) is 0 Å². The van der Waals surface area contributed by atoms with E-state index in [-0.39, 0.29) is 17.6 Å². The van der Waals surface area contributed by atoms with Crippen molar-refractivity contribution in [3.63, 3.8) is 0 Å².